The molecule has 1 spiro atoms. The van der Waals surface area contributed by atoms with E-state index in [-0.39, 0.29) is 19.1 Å². The minimum absolute atomic E-state index is 0.161. The van der Waals surface area contributed by atoms with Crippen molar-refractivity contribution in [2.75, 3.05) is 24.7 Å². The predicted molar refractivity (Wildman–Crippen MR) is 167 cm³/mol. The summed E-state index contributed by atoms with van der Waals surface area (Å²) in [6.07, 6.45) is 1.88. The lowest BCUT2D eigenvalue weighted by atomic mass is 9.84. The molecule has 3 aliphatic heterocycles. The number of anilines is 1. The molecule has 3 heterocycles. The van der Waals surface area contributed by atoms with Crippen LogP contribution < -0.4 is 9.64 Å². The number of carbonyl (C=O) groups excluding carboxylic acids is 3. The Balaban J connectivity index is 1.74. The molecule has 0 N–H and O–H groups in total. The van der Waals surface area contributed by atoms with Crippen LogP contribution in [0.1, 0.15) is 50.5 Å². The van der Waals surface area contributed by atoms with E-state index in [1.165, 1.54) is 35.3 Å². The number of esters is 2. The van der Waals surface area contributed by atoms with Crippen molar-refractivity contribution < 1.29 is 28.6 Å². The van der Waals surface area contributed by atoms with Crippen LogP contribution in [0.3, 0.4) is 0 Å². The van der Waals surface area contributed by atoms with Gasteiger partial charge in [-0.05, 0) is 76.4 Å². The van der Waals surface area contributed by atoms with Gasteiger partial charge >= 0.3 is 11.9 Å². The van der Waals surface area contributed by atoms with Gasteiger partial charge in [-0.1, -0.05) is 41.7 Å². The maximum Gasteiger partial charge on any atom is 0.345 e. The predicted octanol–water partition coefficient (Wildman–Crippen LogP) is 7.01. The van der Waals surface area contributed by atoms with E-state index in [2.05, 4.69) is 0 Å². The summed E-state index contributed by atoms with van der Waals surface area (Å²) >= 11 is 4.11. The molecule has 2 aromatic rings. The molecule has 0 radical (unpaired) electrons. The summed E-state index contributed by atoms with van der Waals surface area (Å²) in [5.41, 5.74) is 2.14. The lowest BCUT2D eigenvalue weighted by Gasteiger charge is -2.49. The minimum Gasteiger partial charge on any atom is -0.494 e. The van der Waals surface area contributed by atoms with Crippen molar-refractivity contribution in [3.63, 3.8) is 0 Å². The number of rotatable bonds is 7. The van der Waals surface area contributed by atoms with Crippen LogP contribution in [0.2, 0.25) is 0 Å². The lowest BCUT2D eigenvalue weighted by Crippen LogP contribution is -2.53. The number of hydrogen-bond acceptors (Lipinski definition) is 9. The van der Waals surface area contributed by atoms with Crippen molar-refractivity contribution in [2.45, 2.75) is 44.2 Å². The zero-order valence-corrected chi connectivity index (χ0v) is 26.0. The maximum absolute atomic E-state index is 14.2. The van der Waals surface area contributed by atoms with E-state index in [1.54, 1.807) is 36.3 Å². The topological polar surface area (TPSA) is 82.1 Å². The van der Waals surface area contributed by atoms with Gasteiger partial charge in [0.25, 0.3) is 5.91 Å². The molecule has 0 saturated heterocycles. The molecule has 214 valence electrons. The van der Waals surface area contributed by atoms with E-state index in [1.807, 2.05) is 63.2 Å². The Labute approximate surface area is 252 Å². The second-order valence-electron chi connectivity index (χ2n) is 9.80. The molecule has 41 heavy (non-hydrogen) atoms. The molecule has 0 bridgehead atoms. The summed E-state index contributed by atoms with van der Waals surface area (Å²) in [5.74, 6) is -0.351. The fourth-order valence-corrected chi connectivity index (χ4v) is 9.48. The van der Waals surface area contributed by atoms with E-state index in [0.717, 1.165) is 21.7 Å². The van der Waals surface area contributed by atoms with E-state index >= 15 is 0 Å². The Morgan fingerprint density at radius 2 is 1.56 bits per heavy atom. The SMILES string of the molecule is CCOC(=O)C1=C[C@@]2(SC=C(C(=O)OCC)S2)C2=C(S1)C(C)(C)N(C(=O)c1ccccc1)c1ccc(OCC)cc12. The van der Waals surface area contributed by atoms with Gasteiger partial charge in [-0.2, -0.15) is 0 Å². The molecule has 1 amide bonds. The van der Waals surface area contributed by atoms with Crippen LogP contribution in [-0.4, -0.2) is 47.3 Å². The largest absolute Gasteiger partial charge is 0.494 e. The van der Waals surface area contributed by atoms with Gasteiger partial charge in [0.15, 0.2) is 0 Å². The Morgan fingerprint density at radius 1 is 0.878 bits per heavy atom. The average molecular weight is 610 g/mol. The molecule has 1 atom stereocenters. The van der Waals surface area contributed by atoms with Gasteiger partial charge in [-0.25, -0.2) is 9.59 Å². The van der Waals surface area contributed by atoms with Gasteiger partial charge in [0.1, 0.15) is 14.7 Å². The number of thioether (sulfide) groups is 3. The van der Waals surface area contributed by atoms with E-state index in [9.17, 15) is 14.4 Å². The number of carbonyl (C=O) groups is 3. The molecular formula is C31H31NO6S3. The van der Waals surface area contributed by atoms with Crippen molar-refractivity contribution >= 4 is 64.4 Å². The zero-order chi connectivity index (χ0) is 29.4. The highest BCUT2D eigenvalue weighted by Crippen LogP contribution is 2.67. The third kappa shape index (κ3) is 5.21. The first-order chi connectivity index (χ1) is 19.7. The molecule has 5 rings (SSSR count). The van der Waals surface area contributed by atoms with Crippen molar-refractivity contribution in [2.24, 2.45) is 0 Å². The van der Waals surface area contributed by atoms with Crippen LogP contribution in [0.25, 0.3) is 5.57 Å². The van der Waals surface area contributed by atoms with Crippen molar-refractivity contribution in [1.29, 1.82) is 0 Å². The summed E-state index contributed by atoms with van der Waals surface area (Å²) in [5, 5.41) is 1.79. The number of benzene rings is 2. The molecule has 0 unspecified atom stereocenters. The van der Waals surface area contributed by atoms with Gasteiger partial charge in [0.05, 0.1) is 36.0 Å². The normalized spacial score (nSPS) is 20.6. The Morgan fingerprint density at radius 3 is 2.22 bits per heavy atom. The monoisotopic (exact) mass is 609 g/mol. The zero-order valence-electron chi connectivity index (χ0n) is 23.5. The Kier molecular flexibility index (Phi) is 8.36. The molecule has 0 fully saturated rings. The van der Waals surface area contributed by atoms with Crippen LogP contribution in [0, 0.1) is 0 Å². The third-order valence-corrected chi connectivity index (χ3v) is 11.0. The first-order valence-electron chi connectivity index (χ1n) is 13.4. The van der Waals surface area contributed by atoms with E-state index in [0.29, 0.717) is 27.7 Å². The standard InChI is InChI=1S/C31H31NO6S3/c1-6-36-20-14-15-22-21(16-20)25-26(30(4,5)32(22)27(33)19-12-10-9-11-13-19)40-23(28(34)37-7-2)17-31(25)39-18-24(41-31)29(35)38-8-3/h9-18H,6-8H2,1-5H3/t31-/m0/s1. The summed E-state index contributed by atoms with van der Waals surface area (Å²) < 4.78 is 15.8. The van der Waals surface area contributed by atoms with Crippen LogP contribution in [-0.2, 0) is 19.1 Å². The van der Waals surface area contributed by atoms with Gasteiger partial charge < -0.3 is 14.2 Å². The quantitative estimate of drug-likeness (QED) is 0.308. The van der Waals surface area contributed by atoms with Crippen LogP contribution in [0.15, 0.2) is 74.7 Å². The summed E-state index contributed by atoms with van der Waals surface area (Å²) in [4.78, 5) is 43.7. The Hall–Kier alpha value is -3.08. The van der Waals surface area contributed by atoms with Crippen molar-refractivity contribution in [3.8, 4) is 5.75 Å². The van der Waals surface area contributed by atoms with E-state index in [4.69, 9.17) is 14.2 Å². The maximum atomic E-state index is 14.2. The molecule has 3 aliphatic rings. The van der Waals surface area contributed by atoms with Crippen molar-refractivity contribution in [1.82, 2.24) is 0 Å². The lowest BCUT2D eigenvalue weighted by molar-refractivity contribution is -0.138. The van der Waals surface area contributed by atoms with Gasteiger partial charge in [-0.3, -0.25) is 9.69 Å². The molecular weight excluding hydrogens is 579 g/mol. The molecule has 0 saturated carbocycles. The number of fused-ring (bicyclic) bond motifs is 3. The molecule has 0 aromatic heterocycles. The summed E-state index contributed by atoms with van der Waals surface area (Å²) in [6.45, 7) is 10.4. The fraction of sp³-hybridized carbons (Fsp3) is 0.323. The number of nitrogens with zero attached hydrogens (tertiary/aromatic N) is 1. The number of ether oxygens (including phenoxy) is 3. The first kappa shape index (κ1) is 29.4. The molecule has 0 aliphatic carbocycles. The van der Waals surface area contributed by atoms with E-state index < -0.39 is 21.6 Å². The van der Waals surface area contributed by atoms with Gasteiger partial charge in [0, 0.05) is 21.6 Å². The Bertz CT molecular complexity index is 1500. The highest BCUT2D eigenvalue weighted by molar-refractivity contribution is 8.25. The highest BCUT2D eigenvalue weighted by atomic mass is 32.2. The molecule has 2 aromatic carbocycles. The molecule has 10 heteroatoms. The molecule has 7 nitrogen and oxygen atoms in total. The second kappa shape index (κ2) is 11.7. The first-order valence-corrected chi connectivity index (χ1v) is 15.9. The summed E-state index contributed by atoms with van der Waals surface area (Å²) in [7, 11) is 0. The van der Waals surface area contributed by atoms with Crippen LogP contribution in [0.5, 0.6) is 5.75 Å². The minimum atomic E-state index is -0.872. The third-order valence-electron chi connectivity index (χ3n) is 6.79. The van der Waals surface area contributed by atoms with Crippen molar-refractivity contribution in [3.05, 3.63) is 85.9 Å². The number of amides is 1. The summed E-state index contributed by atoms with van der Waals surface area (Å²) in [6, 6.07) is 14.9. The highest BCUT2D eigenvalue weighted by Gasteiger charge is 2.54. The fourth-order valence-electron chi connectivity index (χ4n) is 5.10. The second-order valence-corrected chi connectivity index (χ2v) is 13.5. The number of hydrogen-bond donors (Lipinski definition) is 0. The van der Waals surface area contributed by atoms with Crippen LogP contribution >= 0.6 is 35.3 Å². The average Bonchev–Trinajstić information content (AvgIpc) is 3.38. The van der Waals surface area contributed by atoms with Gasteiger partial charge in [0.2, 0.25) is 0 Å². The smallest absolute Gasteiger partial charge is 0.345 e. The van der Waals surface area contributed by atoms with Gasteiger partial charge in [-0.15, -0.1) is 11.8 Å². The van der Waals surface area contributed by atoms with Crippen LogP contribution in [0.4, 0.5) is 5.69 Å².